The average molecular weight is 304 g/mol. The van der Waals surface area contributed by atoms with E-state index in [9.17, 15) is 4.79 Å². The van der Waals surface area contributed by atoms with E-state index in [1.54, 1.807) is 7.05 Å². The Labute approximate surface area is 126 Å². The van der Waals surface area contributed by atoms with Crippen LogP contribution in [-0.2, 0) is 13.6 Å². The van der Waals surface area contributed by atoms with Crippen molar-refractivity contribution in [2.45, 2.75) is 13.5 Å². The maximum Gasteiger partial charge on any atom is 0.287 e. The van der Waals surface area contributed by atoms with E-state index >= 15 is 0 Å². The molecule has 0 aliphatic rings. The molecule has 0 saturated carbocycles. The molecule has 3 heterocycles. The molecular formula is C14H14ClN5O. The molecule has 0 radical (unpaired) electrons. The van der Waals surface area contributed by atoms with Crippen LogP contribution in [0.4, 0.5) is 5.69 Å². The maximum absolute atomic E-state index is 11.7. The number of fused-ring (bicyclic) bond motifs is 1. The van der Waals surface area contributed by atoms with E-state index in [2.05, 4.69) is 15.4 Å². The van der Waals surface area contributed by atoms with Gasteiger partial charge in [-0.15, -0.1) is 0 Å². The van der Waals surface area contributed by atoms with Crippen molar-refractivity contribution in [3.05, 3.63) is 57.4 Å². The molecule has 0 aliphatic carbocycles. The van der Waals surface area contributed by atoms with Crippen molar-refractivity contribution in [1.82, 2.24) is 19.2 Å². The molecule has 0 fully saturated rings. The van der Waals surface area contributed by atoms with Crippen LogP contribution in [0, 0.1) is 6.92 Å². The minimum Gasteiger partial charge on any atom is -0.377 e. The Morgan fingerprint density at radius 1 is 1.38 bits per heavy atom. The molecule has 0 aromatic carbocycles. The SMILES string of the molecule is Cc1cccc2nc(CNc3cnn(C)c(=O)c3Cl)cn12. The predicted octanol–water partition coefficient (Wildman–Crippen LogP) is 2.00. The van der Waals surface area contributed by atoms with E-state index in [-0.39, 0.29) is 10.6 Å². The number of pyridine rings is 1. The number of imidazole rings is 1. The summed E-state index contributed by atoms with van der Waals surface area (Å²) in [4.78, 5) is 16.2. The van der Waals surface area contributed by atoms with Crippen LogP contribution in [0.15, 0.2) is 35.4 Å². The second-order valence-electron chi connectivity index (χ2n) is 4.78. The van der Waals surface area contributed by atoms with E-state index in [0.717, 1.165) is 17.0 Å². The first-order valence-corrected chi connectivity index (χ1v) is 6.83. The van der Waals surface area contributed by atoms with Crippen molar-refractivity contribution in [2.75, 3.05) is 5.32 Å². The molecule has 0 unspecified atom stereocenters. The van der Waals surface area contributed by atoms with Gasteiger partial charge in [0.15, 0.2) is 0 Å². The van der Waals surface area contributed by atoms with Crippen molar-refractivity contribution in [3.63, 3.8) is 0 Å². The number of rotatable bonds is 3. The highest BCUT2D eigenvalue weighted by molar-refractivity contribution is 6.32. The Kier molecular flexibility index (Phi) is 3.39. The van der Waals surface area contributed by atoms with Gasteiger partial charge in [0.05, 0.1) is 24.1 Å². The zero-order valence-corrected chi connectivity index (χ0v) is 12.4. The zero-order chi connectivity index (χ0) is 15.0. The standard InChI is InChI=1S/C14H14ClN5O/c1-9-4-3-5-12-18-10(8-20(9)12)6-16-11-7-17-19(2)14(21)13(11)15/h3-5,7-8,16H,6H2,1-2H3. The second kappa shape index (κ2) is 5.21. The molecule has 3 aromatic rings. The van der Waals surface area contributed by atoms with Crippen LogP contribution in [0.1, 0.15) is 11.4 Å². The third-order valence-corrected chi connectivity index (χ3v) is 3.65. The Morgan fingerprint density at radius 2 is 2.19 bits per heavy atom. The highest BCUT2D eigenvalue weighted by Gasteiger charge is 2.08. The summed E-state index contributed by atoms with van der Waals surface area (Å²) >= 11 is 6.01. The van der Waals surface area contributed by atoms with E-state index in [4.69, 9.17) is 11.6 Å². The molecule has 3 rings (SSSR count). The summed E-state index contributed by atoms with van der Waals surface area (Å²) in [6.45, 7) is 2.49. The van der Waals surface area contributed by atoms with E-state index < -0.39 is 0 Å². The minimum atomic E-state index is -0.326. The lowest BCUT2D eigenvalue weighted by Crippen LogP contribution is -2.21. The third kappa shape index (κ3) is 2.50. The van der Waals surface area contributed by atoms with Gasteiger partial charge >= 0.3 is 0 Å². The molecule has 0 aliphatic heterocycles. The fourth-order valence-electron chi connectivity index (χ4n) is 2.10. The van der Waals surface area contributed by atoms with E-state index in [1.165, 1.54) is 10.9 Å². The number of halogens is 1. The van der Waals surface area contributed by atoms with Crippen LogP contribution < -0.4 is 10.9 Å². The number of nitrogens with one attached hydrogen (secondary N) is 1. The molecule has 3 aromatic heterocycles. The molecule has 21 heavy (non-hydrogen) atoms. The van der Waals surface area contributed by atoms with Crippen molar-refractivity contribution in [1.29, 1.82) is 0 Å². The Hall–Kier alpha value is -2.34. The molecule has 0 spiro atoms. The Bertz CT molecular complexity index is 867. The second-order valence-corrected chi connectivity index (χ2v) is 5.16. The van der Waals surface area contributed by atoms with Crippen LogP contribution in [0.5, 0.6) is 0 Å². The van der Waals surface area contributed by atoms with Gasteiger partial charge in [0.1, 0.15) is 10.7 Å². The summed E-state index contributed by atoms with van der Waals surface area (Å²) in [5.41, 5.74) is 3.04. The molecule has 0 atom stereocenters. The molecule has 0 saturated heterocycles. The topological polar surface area (TPSA) is 64.2 Å². The van der Waals surface area contributed by atoms with Crippen LogP contribution >= 0.6 is 11.6 Å². The van der Waals surface area contributed by atoms with Crippen molar-refractivity contribution >= 4 is 22.9 Å². The Balaban J connectivity index is 1.85. The number of aryl methyl sites for hydroxylation is 2. The van der Waals surface area contributed by atoms with Gasteiger partial charge in [-0.25, -0.2) is 9.67 Å². The van der Waals surface area contributed by atoms with Gasteiger partial charge in [0, 0.05) is 18.9 Å². The van der Waals surface area contributed by atoms with Crippen molar-refractivity contribution in [3.8, 4) is 0 Å². The molecule has 0 amide bonds. The monoisotopic (exact) mass is 303 g/mol. The van der Waals surface area contributed by atoms with Crippen LogP contribution in [0.25, 0.3) is 5.65 Å². The lowest BCUT2D eigenvalue weighted by molar-refractivity contribution is 0.708. The zero-order valence-electron chi connectivity index (χ0n) is 11.7. The van der Waals surface area contributed by atoms with Gasteiger partial charge < -0.3 is 9.72 Å². The summed E-state index contributed by atoms with van der Waals surface area (Å²) in [6, 6.07) is 5.94. The fourth-order valence-corrected chi connectivity index (χ4v) is 2.34. The smallest absolute Gasteiger partial charge is 0.287 e. The highest BCUT2D eigenvalue weighted by Crippen LogP contribution is 2.16. The summed E-state index contributed by atoms with van der Waals surface area (Å²) in [5.74, 6) is 0. The van der Waals surface area contributed by atoms with Crippen molar-refractivity contribution < 1.29 is 0 Å². The number of nitrogens with zero attached hydrogens (tertiary/aromatic N) is 4. The first-order chi connectivity index (χ1) is 10.1. The summed E-state index contributed by atoms with van der Waals surface area (Å²) < 4.78 is 3.21. The minimum absolute atomic E-state index is 0.132. The van der Waals surface area contributed by atoms with Crippen LogP contribution in [-0.4, -0.2) is 19.2 Å². The van der Waals surface area contributed by atoms with Crippen LogP contribution in [0.2, 0.25) is 5.02 Å². The van der Waals surface area contributed by atoms with Gasteiger partial charge in [0.25, 0.3) is 5.56 Å². The maximum atomic E-state index is 11.7. The quantitative estimate of drug-likeness (QED) is 0.804. The van der Waals surface area contributed by atoms with Gasteiger partial charge in [0.2, 0.25) is 0 Å². The number of hydrogen-bond donors (Lipinski definition) is 1. The number of aromatic nitrogens is 4. The van der Waals surface area contributed by atoms with Gasteiger partial charge in [-0.2, -0.15) is 5.10 Å². The van der Waals surface area contributed by atoms with Gasteiger partial charge in [-0.1, -0.05) is 17.7 Å². The molecule has 6 nitrogen and oxygen atoms in total. The van der Waals surface area contributed by atoms with Gasteiger partial charge in [-0.3, -0.25) is 4.79 Å². The molecular weight excluding hydrogens is 290 g/mol. The largest absolute Gasteiger partial charge is 0.377 e. The lowest BCUT2D eigenvalue weighted by Gasteiger charge is -2.06. The summed E-state index contributed by atoms with van der Waals surface area (Å²) in [6.07, 6.45) is 3.49. The first kappa shape index (κ1) is 13.6. The summed E-state index contributed by atoms with van der Waals surface area (Å²) in [5, 5.41) is 7.17. The van der Waals surface area contributed by atoms with E-state index in [1.807, 2.05) is 35.7 Å². The number of hydrogen-bond acceptors (Lipinski definition) is 4. The molecule has 108 valence electrons. The first-order valence-electron chi connectivity index (χ1n) is 6.45. The summed E-state index contributed by atoms with van der Waals surface area (Å²) in [7, 11) is 1.56. The normalized spacial score (nSPS) is 11.0. The predicted molar refractivity (Wildman–Crippen MR) is 81.7 cm³/mol. The lowest BCUT2D eigenvalue weighted by atomic mass is 10.4. The number of anilines is 1. The third-order valence-electron chi connectivity index (χ3n) is 3.28. The Morgan fingerprint density at radius 3 is 2.95 bits per heavy atom. The van der Waals surface area contributed by atoms with Crippen molar-refractivity contribution in [2.24, 2.45) is 7.05 Å². The van der Waals surface area contributed by atoms with Crippen LogP contribution in [0.3, 0.4) is 0 Å². The fraction of sp³-hybridized carbons (Fsp3) is 0.214. The highest BCUT2D eigenvalue weighted by atomic mass is 35.5. The molecule has 1 N–H and O–H groups in total. The van der Waals surface area contributed by atoms with Gasteiger partial charge in [-0.05, 0) is 19.1 Å². The van der Waals surface area contributed by atoms with E-state index in [0.29, 0.717) is 12.2 Å². The average Bonchev–Trinajstić information content (AvgIpc) is 2.89. The molecule has 0 bridgehead atoms. The molecule has 7 heteroatoms.